The molecule has 1 aromatic carbocycles. The molecule has 0 spiro atoms. The highest BCUT2D eigenvalue weighted by atomic mass is 79.9. The van der Waals surface area contributed by atoms with Crippen LogP contribution < -0.4 is 4.74 Å². The Kier molecular flexibility index (Phi) is 3.93. The largest absolute Gasteiger partial charge is 0.493 e. The fourth-order valence-corrected chi connectivity index (χ4v) is 4.50. The van der Waals surface area contributed by atoms with Crippen LogP contribution in [0.2, 0.25) is 5.02 Å². The summed E-state index contributed by atoms with van der Waals surface area (Å²) in [5.74, 6) is 0.776. The summed E-state index contributed by atoms with van der Waals surface area (Å²) in [5.41, 5.74) is 1.80. The van der Waals surface area contributed by atoms with Crippen molar-refractivity contribution in [1.82, 2.24) is 0 Å². The van der Waals surface area contributed by atoms with E-state index in [-0.39, 0.29) is 0 Å². The number of rotatable bonds is 2. The molecule has 0 amide bonds. The summed E-state index contributed by atoms with van der Waals surface area (Å²) in [4.78, 5) is 0.846. The number of hydrogen-bond acceptors (Lipinski definition) is 3. The Morgan fingerprint density at radius 3 is 2.79 bits per heavy atom. The molecule has 100 valence electrons. The highest BCUT2D eigenvalue weighted by Gasteiger charge is 2.24. The molecule has 0 saturated heterocycles. The topological polar surface area (TPSA) is 29.5 Å². The van der Waals surface area contributed by atoms with Gasteiger partial charge in [0.2, 0.25) is 0 Å². The molecule has 1 N–H and O–H groups in total. The predicted octanol–water partition coefficient (Wildman–Crippen LogP) is 4.94. The third-order valence-corrected chi connectivity index (χ3v) is 6.53. The Bertz CT molecular complexity index is 622. The van der Waals surface area contributed by atoms with Gasteiger partial charge in [0.05, 0.1) is 10.4 Å². The van der Waals surface area contributed by atoms with Gasteiger partial charge in [0.15, 0.2) is 0 Å². The Morgan fingerprint density at radius 1 is 1.32 bits per heavy atom. The van der Waals surface area contributed by atoms with Crippen molar-refractivity contribution in [1.29, 1.82) is 0 Å². The second-order valence-electron chi connectivity index (χ2n) is 4.25. The lowest BCUT2D eigenvalue weighted by Gasteiger charge is -2.13. The molecule has 3 rings (SSSR count). The Labute approximate surface area is 136 Å². The molecule has 1 unspecified atom stereocenters. The van der Waals surface area contributed by atoms with Gasteiger partial charge < -0.3 is 9.84 Å². The van der Waals surface area contributed by atoms with Gasteiger partial charge in [-0.2, -0.15) is 0 Å². The summed E-state index contributed by atoms with van der Waals surface area (Å²) in [7, 11) is 0. The minimum absolute atomic E-state index is 0.632. The van der Waals surface area contributed by atoms with E-state index in [2.05, 4.69) is 31.9 Å². The lowest BCUT2D eigenvalue weighted by atomic mass is 10.0. The molecule has 0 fully saturated rings. The molecule has 2 aromatic rings. The standard InChI is InChI=1S/C13H9Br2ClO2S/c14-9-5-10(19-13(9)15)11(17)8-4-7(16)3-6-1-2-18-12(6)8/h3-5,11,17H,1-2H2. The first kappa shape index (κ1) is 13.9. The van der Waals surface area contributed by atoms with Crippen molar-refractivity contribution in [3.05, 3.63) is 47.5 Å². The number of aliphatic hydroxyl groups excluding tert-OH is 1. The molecule has 1 aliphatic heterocycles. The molecule has 1 atom stereocenters. The van der Waals surface area contributed by atoms with Gasteiger partial charge in [0.25, 0.3) is 0 Å². The fraction of sp³-hybridized carbons (Fsp3) is 0.231. The summed E-state index contributed by atoms with van der Waals surface area (Å²) in [6, 6.07) is 5.58. The normalized spacial score (nSPS) is 15.2. The fourth-order valence-electron chi connectivity index (χ4n) is 2.15. The number of fused-ring (bicyclic) bond motifs is 1. The average molecular weight is 425 g/mol. The summed E-state index contributed by atoms with van der Waals surface area (Å²) in [6.07, 6.45) is 0.117. The van der Waals surface area contributed by atoms with E-state index in [1.54, 1.807) is 6.07 Å². The first-order valence-corrected chi connectivity index (χ1v) is 8.42. The lowest BCUT2D eigenvalue weighted by Crippen LogP contribution is -2.00. The van der Waals surface area contributed by atoms with Crippen LogP contribution in [0.25, 0.3) is 0 Å². The van der Waals surface area contributed by atoms with Crippen molar-refractivity contribution >= 4 is 54.8 Å². The first-order valence-electron chi connectivity index (χ1n) is 5.64. The second-order valence-corrected chi connectivity index (χ2v) is 7.95. The van der Waals surface area contributed by atoms with Gasteiger partial charge in [-0.25, -0.2) is 0 Å². The van der Waals surface area contributed by atoms with E-state index in [0.29, 0.717) is 11.6 Å². The monoisotopic (exact) mass is 422 g/mol. The Hall–Kier alpha value is -0.0700. The van der Waals surface area contributed by atoms with Gasteiger partial charge in [-0.3, -0.25) is 0 Å². The summed E-state index contributed by atoms with van der Waals surface area (Å²) in [5, 5.41) is 11.2. The van der Waals surface area contributed by atoms with Crippen LogP contribution in [-0.2, 0) is 6.42 Å². The molecule has 0 saturated carbocycles. The molecule has 2 nitrogen and oxygen atoms in total. The minimum atomic E-state index is -0.724. The van der Waals surface area contributed by atoms with E-state index >= 15 is 0 Å². The molecule has 0 bridgehead atoms. The van der Waals surface area contributed by atoms with Crippen LogP contribution in [0.5, 0.6) is 5.75 Å². The lowest BCUT2D eigenvalue weighted by molar-refractivity contribution is 0.217. The highest BCUT2D eigenvalue weighted by Crippen LogP contribution is 2.42. The van der Waals surface area contributed by atoms with Crippen molar-refractivity contribution in [3.63, 3.8) is 0 Å². The zero-order chi connectivity index (χ0) is 13.6. The third kappa shape index (κ3) is 2.59. The van der Waals surface area contributed by atoms with Crippen LogP contribution in [0.1, 0.15) is 22.1 Å². The maximum atomic E-state index is 10.5. The van der Waals surface area contributed by atoms with Crippen LogP contribution >= 0.6 is 54.8 Å². The van der Waals surface area contributed by atoms with Gasteiger partial charge in [-0.1, -0.05) is 11.6 Å². The number of aliphatic hydroxyl groups is 1. The van der Waals surface area contributed by atoms with Crippen molar-refractivity contribution in [2.75, 3.05) is 6.61 Å². The zero-order valence-electron chi connectivity index (χ0n) is 9.62. The van der Waals surface area contributed by atoms with E-state index < -0.39 is 6.10 Å². The van der Waals surface area contributed by atoms with Gasteiger partial charge in [-0.15, -0.1) is 11.3 Å². The van der Waals surface area contributed by atoms with E-state index in [1.165, 1.54) is 11.3 Å². The highest BCUT2D eigenvalue weighted by molar-refractivity contribution is 9.13. The molecular weight excluding hydrogens is 415 g/mol. The van der Waals surface area contributed by atoms with Crippen molar-refractivity contribution < 1.29 is 9.84 Å². The van der Waals surface area contributed by atoms with Crippen LogP contribution in [0.3, 0.4) is 0 Å². The second kappa shape index (κ2) is 5.37. The van der Waals surface area contributed by atoms with Crippen LogP contribution in [0.15, 0.2) is 26.5 Å². The average Bonchev–Trinajstić information content (AvgIpc) is 2.95. The Balaban J connectivity index is 2.07. The number of ether oxygens (including phenoxy) is 1. The van der Waals surface area contributed by atoms with Gasteiger partial charge in [0.1, 0.15) is 11.9 Å². The molecule has 0 radical (unpaired) electrons. The smallest absolute Gasteiger partial charge is 0.128 e. The van der Waals surface area contributed by atoms with Crippen molar-refractivity contribution in [2.24, 2.45) is 0 Å². The quantitative estimate of drug-likeness (QED) is 0.740. The number of benzene rings is 1. The molecule has 0 aliphatic carbocycles. The molecule has 19 heavy (non-hydrogen) atoms. The number of thiophene rings is 1. The van der Waals surface area contributed by atoms with E-state index in [1.807, 2.05) is 12.1 Å². The maximum absolute atomic E-state index is 10.5. The molecule has 1 aromatic heterocycles. The van der Waals surface area contributed by atoms with Gasteiger partial charge in [0, 0.05) is 26.4 Å². The zero-order valence-corrected chi connectivity index (χ0v) is 14.4. The van der Waals surface area contributed by atoms with E-state index in [9.17, 15) is 5.11 Å². The molecule has 6 heteroatoms. The molecule has 1 aliphatic rings. The maximum Gasteiger partial charge on any atom is 0.128 e. The minimum Gasteiger partial charge on any atom is -0.493 e. The van der Waals surface area contributed by atoms with Crippen LogP contribution in [-0.4, -0.2) is 11.7 Å². The summed E-state index contributed by atoms with van der Waals surface area (Å²) >= 11 is 14.5. The predicted molar refractivity (Wildman–Crippen MR) is 84.4 cm³/mol. The van der Waals surface area contributed by atoms with E-state index in [4.69, 9.17) is 16.3 Å². The van der Waals surface area contributed by atoms with Crippen molar-refractivity contribution in [2.45, 2.75) is 12.5 Å². The van der Waals surface area contributed by atoms with Gasteiger partial charge in [-0.05, 0) is 55.6 Å². The number of hydrogen-bond donors (Lipinski definition) is 1. The Morgan fingerprint density at radius 2 is 2.11 bits per heavy atom. The molecular formula is C13H9Br2ClO2S. The molecule has 2 heterocycles. The van der Waals surface area contributed by atoms with Gasteiger partial charge >= 0.3 is 0 Å². The third-order valence-electron chi connectivity index (χ3n) is 3.01. The van der Waals surface area contributed by atoms with Crippen LogP contribution in [0, 0.1) is 0 Å². The number of halogens is 3. The summed E-state index contributed by atoms with van der Waals surface area (Å²) in [6.45, 7) is 0.646. The van der Waals surface area contributed by atoms with E-state index in [0.717, 1.165) is 36.4 Å². The van der Waals surface area contributed by atoms with Crippen LogP contribution in [0.4, 0.5) is 0 Å². The SMILES string of the molecule is OC(c1cc(Br)c(Br)s1)c1cc(Cl)cc2c1OCC2. The summed E-state index contributed by atoms with van der Waals surface area (Å²) < 4.78 is 7.52. The first-order chi connectivity index (χ1) is 9.06. The van der Waals surface area contributed by atoms with Crippen molar-refractivity contribution in [3.8, 4) is 5.75 Å².